The van der Waals surface area contributed by atoms with Crippen LogP contribution in [0.3, 0.4) is 0 Å². The molecule has 0 bridgehead atoms. The molecule has 1 atom stereocenters. The maximum atomic E-state index is 12.0. The van der Waals surface area contributed by atoms with Crippen LogP contribution in [0.2, 0.25) is 0 Å². The van der Waals surface area contributed by atoms with Gasteiger partial charge in [0.2, 0.25) is 0 Å². The molecule has 2 rings (SSSR count). The van der Waals surface area contributed by atoms with E-state index in [0.29, 0.717) is 11.3 Å². The Balaban J connectivity index is 2.67. The maximum absolute atomic E-state index is 12.0. The second-order valence-electron chi connectivity index (χ2n) is 4.39. The van der Waals surface area contributed by atoms with Crippen LogP contribution < -0.4 is 5.56 Å². The highest BCUT2D eigenvalue weighted by Crippen LogP contribution is 2.32. The van der Waals surface area contributed by atoms with Crippen LogP contribution in [0.5, 0.6) is 0 Å². The minimum atomic E-state index is -0.931. The summed E-state index contributed by atoms with van der Waals surface area (Å²) in [6.45, 7) is 1.74. The van der Waals surface area contributed by atoms with Crippen molar-refractivity contribution in [3.8, 4) is 12.1 Å². The number of halogens is 1. The minimum Gasteiger partial charge on any atom is -0.302 e. The second kappa shape index (κ2) is 5.77. The van der Waals surface area contributed by atoms with Crippen LogP contribution in [-0.2, 0) is 0 Å². The van der Waals surface area contributed by atoms with Crippen LogP contribution in [0.25, 0.3) is 0 Å². The van der Waals surface area contributed by atoms with Crippen LogP contribution in [0.1, 0.15) is 22.7 Å². The number of aromatic amines is 2. The zero-order valence-corrected chi connectivity index (χ0v) is 12.2. The fraction of sp³-hybridized carbons (Fsp3) is 0.214. The molecule has 0 aliphatic carbocycles. The summed E-state index contributed by atoms with van der Waals surface area (Å²) in [5.74, 6) is -1.52. The van der Waals surface area contributed by atoms with E-state index < -0.39 is 11.8 Å². The summed E-state index contributed by atoms with van der Waals surface area (Å²) in [5, 5.41) is 23.6. The first-order chi connectivity index (χ1) is 9.58. The van der Waals surface area contributed by atoms with Gasteiger partial charge in [-0.1, -0.05) is 28.1 Å². The van der Waals surface area contributed by atoms with E-state index in [9.17, 15) is 15.3 Å². The predicted octanol–water partition coefficient (Wildman–Crippen LogP) is 2.57. The summed E-state index contributed by atoms with van der Waals surface area (Å²) in [7, 11) is 0. The van der Waals surface area contributed by atoms with E-state index in [4.69, 9.17) is 0 Å². The van der Waals surface area contributed by atoms with Crippen LogP contribution in [0.15, 0.2) is 33.5 Å². The van der Waals surface area contributed by atoms with Gasteiger partial charge in [0.15, 0.2) is 0 Å². The number of benzene rings is 1. The largest absolute Gasteiger partial charge is 0.302 e. The normalized spacial score (nSPS) is 11.8. The molecule has 2 N–H and O–H groups in total. The van der Waals surface area contributed by atoms with Crippen LogP contribution in [0.4, 0.5) is 0 Å². The van der Waals surface area contributed by atoms with Crippen molar-refractivity contribution in [1.29, 1.82) is 10.5 Å². The Morgan fingerprint density at radius 3 is 2.45 bits per heavy atom. The molecule has 0 saturated heterocycles. The van der Waals surface area contributed by atoms with Gasteiger partial charge in [-0.15, -0.1) is 0 Å². The summed E-state index contributed by atoms with van der Waals surface area (Å²) in [6.07, 6.45) is 0. The third kappa shape index (κ3) is 2.52. The number of H-pyrrole nitrogens is 2. The Morgan fingerprint density at radius 1 is 1.25 bits per heavy atom. The molecule has 6 heteroatoms. The van der Waals surface area contributed by atoms with Gasteiger partial charge in [0, 0.05) is 21.6 Å². The minimum absolute atomic E-state index is 0.303. The lowest BCUT2D eigenvalue weighted by atomic mass is 9.82. The Labute approximate surface area is 124 Å². The molecule has 20 heavy (non-hydrogen) atoms. The summed E-state index contributed by atoms with van der Waals surface area (Å²) < 4.78 is 0.833. The van der Waals surface area contributed by atoms with E-state index in [2.05, 4.69) is 26.1 Å². The quantitative estimate of drug-likeness (QED) is 0.904. The monoisotopic (exact) mass is 330 g/mol. The van der Waals surface area contributed by atoms with Gasteiger partial charge >= 0.3 is 0 Å². The molecule has 1 heterocycles. The third-order valence-corrected chi connectivity index (χ3v) is 3.64. The molecule has 0 spiro atoms. The number of aryl methyl sites for hydroxylation is 1. The van der Waals surface area contributed by atoms with Gasteiger partial charge in [0.25, 0.3) is 5.56 Å². The van der Waals surface area contributed by atoms with Crippen molar-refractivity contribution in [2.24, 2.45) is 5.92 Å². The lowest BCUT2D eigenvalue weighted by Crippen LogP contribution is -2.19. The second-order valence-corrected chi connectivity index (χ2v) is 5.30. The third-order valence-electron chi connectivity index (χ3n) is 3.14. The molecule has 0 fully saturated rings. The predicted molar refractivity (Wildman–Crippen MR) is 76.9 cm³/mol. The van der Waals surface area contributed by atoms with Gasteiger partial charge in [-0.05, 0) is 24.6 Å². The van der Waals surface area contributed by atoms with E-state index in [1.165, 1.54) is 0 Å². The molecule has 1 aromatic carbocycles. The fourth-order valence-corrected chi connectivity index (χ4v) is 2.65. The lowest BCUT2D eigenvalue weighted by Gasteiger charge is -2.17. The van der Waals surface area contributed by atoms with Crippen LogP contribution in [-0.4, -0.2) is 10.2 Å². The van der Waals surface area contributed by atoms with Gasteiger partial charge < -0.3 is 5.10 Å². The molecular weight excluding hydrogens is 320 g/mol. The van der Waals surface area contributed by atoms with E-state index in [-0.39, 0.29) is 5.56 Å². The molecular formula is C14H11BrN4O. The van der Waals surface area contributed by atoms with E-state index >= 15 is 0 Å². The highest BCUT2D eigenvalue weighted by atomic mass is 79.9. The molecule has 0 radical (unpaired) electrons. The first-order valence-electron chi connectivity index (χ1n) is 5.90. The Bertz CT molecular complexity index is 748. The summed E-state index contributed by atoms with van der Waals surface area (Å²) >= 11 is 3.36. The SMILES string of the molecule is Cc1[nH][nH]c(=O)c1C(c1cccc(Br)c1)C(C#N)C#N. The topological polar surface area (TPSA) is 96.2 Å². The smallest absolute Gasteiger partial charge is 0.268 e. The average molecular weight is 331 g/mol. The number of nitrogens with one attached hydrogen (secondary N) is 2. The van der Waals surface area contributed by atoms with Crippen molar-refractivity contribution in [1.82, 2.24) is 10.2 Å². The molecule has 0 aliphatic rings. The van der Waals surface area contributed by atoms with Crippen molar-refractivity contribution >= 4 is 15.9 Å². The number of nitrogens with zero attached hydrogens (tertiary/aromatic N) is 2. The number of aromatic nitrogens is 2. The van der Waals surface area contributed by atoms with Gasteiger partial charge in [0.05, 0.1) is 12.1 Å². The zero-order valence-electron chi connectivity index (χ0n) is 10.6. The molecule has 0 aliphatic heterocycles. The van der Waals surface area contributed by atoms with Gasteiger partial charge in [-0.25, -0.2) is 0 Å². The van der Waals surface area contributed by atoms with E-state index in [0.717, 1.165) is 10.0 Å². The number of rotatable bonds is 3. The number of hydrogen-bond donors (Lipinski definition) is 2. The van der Waals surface area contributed by atoms with Crippen LogP contribution in [0, 0.1) is 35.5 Å². The van der Waals surface area contributed by atoms with Gasteiger partial charge in [-0.3, -0.25) is 9.89 Å². The zero-order chi connectivity index (χ0) is 14.7. The Kier molecular flexibility index (Phi) is 4.07. The average Bonchev–Trinajstić information content (AvgIpc) is 2.76. The van der Waals surface area contributed by atoms with E-state index in [1.807, 2.05) is 36.4 Å². The van der Waals surface area contributed by atoms with Gasteiger partial charge in [-0.2, -0.15) is 10.5 Å². The van der Waals surface area contributed by atoms with E-state index in [1.54, 1.807) is 6.92 Å². The highest BCUT2D eigenvalue weighted by Gasteiger charge is 2.29. The van der Waals surface area contributed by atoms with Gasteiger partial charge in [0.1, 0.15) is 5.92 Å². The van der Waals surface area contributed by atoms with Crippen molar-refractivity contribution in [2.75, 3.05) is 0 Å². The highest BCUT2D eigenvalue weighted by molar-refractivity contribution is 9.10. The summed E-state index contributed by atoms with van der Waals surface area (Å²) in [4.78, 5) is 12.0. The molecule has 2 aromatic rings. The fourth-order valence-electron chi connectivity index (χ4n) is 2.23. The Morgan fingerprint density at radius 2 is 1.95 bits per heavy atom. The number of hydrogen-bond acceptors (Lipinski definition) is 3. The number of nitriles is 2. The van der Waals surface area contributed by atoms with Crippen molar-refractivity contribution in [2.45, 2.75) is 12.8 Å². The molecule has 1 aromatic heterocycles. The Hall–Kier alpha value is -2.31. The van der Waals surface area contributed by atoms with Crippen LogP contribution >= 0.6 is 15.9 Å². The van der Waals surface area contributed by atoms with Crippen molar-refractivity contribution in [3.63, 3.8) is 0 Å². The first kappa shape index (κ1) is 14.1. The lowest BCUT2D eigenvalue weighted by molar-refractivity contribution is 0.700. The molecule has 100 valence electrons. The molecule has 1 unspecified atom stereocenters. The summed E-state index contributed by atoms with van der Waals surface area (Å²) in [5.41, 5.74) is 1.51. The standard InChI is InChI=1S/C14H11BrN4O/c1-8-12(14(20)19-18-8)13(10(6-16)7-17)9-3-2-4-11(15)5-9/h2-5,10,13H,1H3,(H2,18,19,20). The maximum Gasteiger partial charge on any atom is 0.268 e. The molecule has 0 amide bonds. The van der Waals surface area contributed by atoms with Crippen molar-refractivity contribution in [3.05, 3.63) is 55.9 Å². The molecule has 5 nitrogen and oxygen atoms in total. The first-order valence-corrected chi connectivity index (χ1v) is 6.69. The van der Waals surface area contributed by atoms with Crippen molar-refractivity contribution < 1.29 is 0 Å². The summed E-state index contributed by atoms with van der Waals surface area (Å²) in [6, 6.07) is 11.2. The molecule has 0 saturated carbocycles.